The quantitative estimate of drug-likeness (QED) is 0.287. The molecule has 0 atom stereocenters. The first kappa shape index (κ1) is 22.7. The Hall–Kier alpha value is -4.46. The van der Waals surface area contributed by atoms with E-state index in [1.165, 1.54) is 46.6 Å². The van der Waals surface area contributed by atoms with E-state index in [0.717, 1.165) is 0 Å². The number of carbonyl (C=O) groups excluding carboxylic acids is 2. The van der Waals surface area contributed by atoms with Crippen molar-refractivity contribution in [3.8, 4) is 34.5 Å². The molecule has 8 heteroatoms. The second-order valence-electron chi connectivity index (χ2n) is 7.14. The molecule has 0 aliphatic carbocycles. The van der Waals surface area contributed by atoms with E-state index in [1.54, 1.807) is 42.5 Å². The predicted octanol–water partition coefficient (Wildman–Crippen LogP) is 4.56. The molecule has 1 heterocycles. The largest absolute Gasteiger partial charge is 0.493 e. The fourth-order valence-electron chi connectivity index (χ4n) is 3.53. The minimum Gasteiger partial charge on any atom is -0.493 e. The summed E-state index contributed by atoms with van der Waals surface area (Å²) in [6, 6.07) is 14.6. The SMILES string of the molecule is COc1ccc(C(=O)Oc2ccc3c(c2)O/C(=C\c2cccc(OC)c2OC)C3=O)cc1OC. The zero-order chi connectivity index (χ0) is 24.2. The second kappa shape index (κ2) is 9.58. The molecule has 0 saturated carbocycles. The molecule has 1 aliphatic heterocycles. The van der Waals surface area contributed by atoms with Crippen LogP contribution >= 0.6 is 0 Å². The van der Waals surface area contributed by atoms with Crippen molar-refractivity contribution in [1.82, 2.24) is 0 Å². The highest BCUT2D eigenvalue weighted by atomic mass is 16.5. The van der Waals surface area contributed by atoms with E-state index in [2.05, 4.69) is 0 Å². The molecule has 0 unspecified atom stereocenters. The molecule has 34 heavy (non-hydrogen) atoms. The first-order chi connectivity index (χ1) is 16.5. The summed E-state index contributed by atoms with van der Waals surface area (Å²) in [7, 11) is 6.04. The van der Waals surface area contributed by atoms with Gasteiger partial charge in [-0.25, -0.2) is 4.79 Å². The number of fused-ring (bicyclic) bond motifs is 1. The Bertz CT molecular complexity index is 1290. The molecule has 0 saturated heterocycles. The van der Waals surface area contributed by atoms with Crippen LogP contribution in [-0.4, -0.2) is 40.2 Å². The van der Waals surface area contributed by atoms with Gasteiger partial charge >= 0.3 is 5.97 Å². The lowest BCUT2D eigenvalue weighted by Crippen LogP contribution is -2.09. The van der Waals surface area contributed by atoms with Gasteiger partial charge < -0.3 is 28.4 Å². The third kappa shape index (κ3) is 4.25. The van der Waals surface area contributed by atoms with Crippen molar-refractivity contribution in [2.75, 3.05) is 28.4 Å². The normalized spacial score (nSPS) is 13.2. The lowest BCUT2D eigenvalue weighted by atomic mass is 10.1. The molecule has 3 aromatic carbocycles. The van der Waals surface area contributed by atoms with Crippen LogP contribution in [0, 0.1) is 0 Å². The number of benzene rings is 3. The van der Waals surface area contributed by atoms with Gasteiger partial charge in [0.05, 0.1) is 39.6 Å². The molecule has 0 amide bonds. The summed E-state index contributed by atoms with van der Waals surface area (Å²) in [5.41, 5.74) is 1.26. The number of esters is 1. The van der Waals surface area contributed by atoms with Gasteiger partial charge in [0.1, 0.15) is 11.5 Å². The molecule has 0 spiro atoms. The number of ether oxygens (including phenoxy) is 6. The molecule has 3 aromatic rings. The van der Waals surface area contributed by atoms with Crippen LogP contribution in [0.2, 0.25) is 0 Å². The highest BCUT2D eigenvalue weighted by Gasteiger charge is 2.28. The van der Waals surface area contributed by atoms with Gasteiger partial charge in [0.25, 0.3) is 0 Å². The van der Waals surface area contributed by atoms with E-state index in [9.17, 15) is 9.59 Å². The lowest BCUT2D eigenvalue weighted by Gasteiger charge is -2.10. The number of hydrogen-bond acceptors (Lipinski definition) is 8. The van der Waals surface area contributed by atoms with Gasteiger partial charge in [0.2, 0.25) is 5.78 Å². The third-order valence-corrected chi connectivity index (χ3v) is 5.19. The fourth-order valence-corrected chi connectivity index (χ4v) is 3.53. The van der Waals surface area contributed by atoms with Crippen LogP contribution in [0.3, 0.4) is 0 Å². The van der Waals surface area contributed by atoms with Crippen molar-refractivity contribution in [3.63, 3.8) is 0 Å². The van der Waals surface area contributed by atoms with Gasteiger partial charge in [-0.1, -0.05) is 12.1 Å². The first-order valence-corrected chi connectivity index (χ1v) is 10.2. The smallest absolute Gasteiger partial charge is 0.343 e. The van der Waals surface area contributed by atoms with Crippen molar-refractivity contribution >= 4 is 17.8 Å². The minimum atomic E-state index is -0.595. The number of rotatable bonds is 7. The molecule has 1 aliphatic rings. The van der Waals surface area contributed by atoms with E-state index in [-0.39, 0.29) is 28.6 Å². The molecule has 0 radical (unpaired) electrons. The Labute approximate surface area is 196 Å². The average molecular weight is 462 g/mol. The highest BCUT2D eigenvalue weighted by molar-refractivity contribution is 6.14. The minimum absolute atomic E-state index is 0.116. The second-order valence-corrected chi connectivity index (χ2v) is 7.14. The van der Waals surface area contributed by atoms with E-state index in [4.69, 9.17) is 28.4 Å². The van der Waals surface area contributed by atoms with Crippen molar-refractivity contribution in [1.29, 1.82) is 0 Å². The molecule has 4 rings (SSSR count). The summed E-state index contributed by atoms with van der Waals surface area (Å²) in [6.45, 7) is 0. The number of methoxy groups -OCH3 is 4. The third-order valence-electron chi connectivity index (χ3n) is 5.19. The maximum Gasteiger partial charge on any atom is 0.343 e. The Kier molecular flexibility index (Phi) is 6.40. The molecular formula is C26H22O8. The summed E-state index contributed by atoms with van der Waals surface area (Å²) >= 11 is 0. The van der Waals surface area contributed by atoms with Gasteiger partial charge in [-0.15, -0.1) is 0 Å². The summed E-state index contributed by atoms with van der Waals surface area (Å²) in [4.78, 5) is 25.5. The molecule has 8 nitrogen and oxygen atoms in total. The zero-order valence-electron chi connectivity index (χ0n) is 19.0. The lowest BCUT2D eigenvalue weighted by molar-refractivity contribution is 0.0734. The van der Waals surface area contributed by atoms with Gasteiger partial charge in [-0.05, 0) is 42.5 Å². The maximum absolute atomic E-state index is 12.8. The Morgan fingerprint density at radius 2 is 1.59 bits per heavy atom. The number of Topliss-reactive ketones (excluding diaryl/α,β-unsaturated/α-hetero) is 1. The maximum atomic E-state index is 12.8. The number of para-hydroxylation sites is 1. The molecular weight excluding hydrogens is 440 g/mol. The van der Waals surface area contributed by atoms with Crippen LogP contribution in [-0.2, 0) is 0 Å². The Morgan fingerprint density at radius 3 is 2.29 bits per heavy atom. The number of allylic oxidation sites excluding steroid dienone is 1. The molecule has 0 N–H and O–H groups in total. The van der Waals surface area contributed by atoms with Gasteiger partial charge in [0, 0.05) is 11.6 Å². The van der Waals surface area contributed by atoms with E-state index in [1.807, 2.05) is 0 Å². The predicted molar refractivity (Wildman–Crippen MR) is 123 cm³/mol. The van der Waals surface area contributed by atoms with Crippen molar-refractivity contribution < 1.29 is 38.0 Å². The van der Waals surface area contributed by atoms with Crippen molar-refractivity contribution in [3.05, 3.63) is 77.0 Å². The fraction of sp³-hybridized carbons (Fsp3) is 0.154. The molecule has 0 bridgehead atoms. The van der Waals surface area contributed by atoms with Crippen LogP contribution in [0.1, 0.15) is 26.3 Å². The summed E-state index contributed by atoms with van der Waals surface area (Å²) < 4.78 is 32.4. The van der Waals surface area contributed by atoms with Crippen LogP contribution in [0.4, 0.5) is 0 Å². The highest BCUT2D eigenvalue weighted by Crippen LogP contribution is 2.38. The molecule has 0 aromatic heterocycles. The Morgan fingerprint density at radius 1 is 0.824 bits per heavy atom. The number of hydrogen-bond donors (Lipinski definition) is 0. The summed E-state index contributed by atoms with van der Waals surface area (Å²) in [5, 5.41) is 0. The van der Waals surface area contributed by atoms with E-state index >= 15 is 0 Å². The van der Waals surface area contributed by atoms with Crippen molar-refractivity contribution in [2.24, 2.45) is 0 Å². The van der Waals surface area contributed by atoms with E-state index < -0.39 is 5.97 Å². The summed E-state index contributed by atoms with van der Waals surface area (Å²) in [6.07, 6.45) is 1.58. The number of ketones is 1. The monoisotopic (exact) mass is 462 g/mol. The van der Waals surface area contributed by atoms with Crippen LogP contribution in [0.5, 0.6) is 34.5 Å². The first-order valence-electron chi connectivity index (χ1n) is 10.2. The zero-order valence-corrected chi connectivity index (χ0v) is 19.0. The van der Waals surface area contributed by atoms with Crippen molar-refractivity contribution in [2.45, 2.75) is 0 Å². The van der Waals surface area contributed by atoms with Crippen LogP contribution in [0.25, 0.3) is 6.08 Å². The van der Waals surface area contributed by atoms with E-state index in [0.29, 0.717) is 34.1 Å². The van der Waals surface area contributed by atoms with Crippen LogP contribution < -0.4 is 28.4 Å². The average Bonchev–Trinajstić information content (AvgIpc) is 3.17. The van der Waals surface area contributed by atoms with Gasteiger partial charge in [-0.2, -0.15) is 0 Å². The topological polar surface area (TPSA) is 89.5 Å². The van der Waals surface area contributed by atoms with Crippen LogP contribution in [0.15, 0.2) is 60.4 Å². The van der Waals surface area contributed by atoms with Gasteiger partial charge in [-0.3, -0.25) is 4.79 Å². The standard InChI is InChI=1S/C26H22O8/c1-29-19-11-8-16(13-22(19)31-3)26(28)33-17-9-10-18-21(14-17)34-23(24(18)27)12-15-6-5-7-20(30-2)25(15)32-4/h5-14H,1-4H3/b23-12-. The Balaban J connectivity index is 1.57. The van der Waals surface area contributed by atoms with Gasteiger partial charge in [0.15, 0.2) is 28.8 Å². The molecule has 0 fully saturated rings. The number of carbonyl (C=O) groups is 2. The summed E-state index contributed by atoms with van der Waals surface area (Å²) in [5.74, 6) is 1.66. The molecule has 174 valence electrons.